The lowest BCUT2D eigenvalue weighted by Crippen LogP contribution is -2.08. The number of hydrogen-bond acceptors (Lipinski definition) is 1. The minimum absolute atomic E-state index is 0.131. The Morgan fingerprint density at radius 3 is 2.43 bits per heavy atom. The summed E-state index contributed by atoms with van der Waals surface area (Å²) in [6.07, 6.45) is 1.43. The molecule has 78 valence electrons. The molecule has 0 fully saturated rings. The molecule has 0 saturated carbocycles. The molecule has 0 aromatic heterocycles. The third-order valence-electron chi connectivity index (χ3n) is 1.84. The molecule has 0 heterocycles. The maximum atomic E-state index is 12.9. The number of alkyl halides is 2. The standard InChI is InChI=1S/C10H12F2OS/c1-10(11,12)8-5-4-6-9(7-8)14(2,3)13/h4-7H,2H2,1,3H3. The van der Waals surface area contributed by atoms with E-state index in [2.05, 4.69) is 5.87 Å². The monoisotopic (exact) mass is 218 g/mol. The van der Waals surface area contributed by atoms with Crippen molar-refractivity contribution in [1.29, 1.82) is 0 Å². The Balaban J connectivity index is 3.29. The zero-order valence-electron chi connectivity index (χ0n) is 8.09. The summed E-state index contributed by atoms with van der Waals surface area (Å²) in [6, 6.07) is 5.57. The van der Waals surface area contributed by atoms with Gasteiger partial charge in [0.15, 0.2) is 0 Å². The quantitative estimate of drug-likeness (QED) is 0.697. The van der Waals surface area contributed by atoms with Gasteiger partial charge in [0, 0.05) is 23.6 Å². The molecule has 0 N–H and O–H groups in total. The van der Waals surface area contributed by atoms with Crippen LogP contribution in [0.1, 0.15) is 12.5 Å². The zero-order chi connectivity index (χ0) is 11.0. The van der Waals surface area contributed by atoms with Crippen molar-refractivity contribution < 1.29 is 13.0 Å². The van der Waals surface area contributed by atoms with Gasteiger partial charge in [-0.3, -0.25) is 4.21 Å². The first-order chi connectivity index (χ1) is 6.21. The second-order valence-electron chi connectivity index (χ2n) is 3.42. The largest absolute Gasteiger partial charge is 0.270 e. The van der Waals surface area contributed by atoms with Crippen LogP contribution in [0.4, 0.5) is 8.78 Å². The van der Waals surface area contributed by atoms with Gasteiger partial charge >= 0.3 is 0 Å². The van der Waals surface area contributed by atoms with E-state index in [4.69, 9.17) is 0 Å². The van der Waals surface area contributed by atoms with Gasteiger partial charge in [0.2, 0.25) is 0 Å². The number of halogens is 2. The van der Waals surface area contributed by atoms with Gasteiger partial charge in [-0.15, -0.1) is 0 Å². The molecule has 1 nitrogen and oxygen atoms in total. The van der Waals surface area contributed by atoms with Gasteiger partial charge in [0.05, 0.1) is 0 Å². The topological polar surface area (TPSA) is 17.1 Å². The lowest BCUT2D eigenvalue weighted by Gasteiger charge is -2.12. The van der Waals surface area contributed by atoms with E-state index in [0.717, 1.165) is 6.92 Å². The summed E-state index contributed by atoms with van der Waals surface area (Å²) >= 11 is 0. The Morgan fingerprint density at radius 1 is 1.43 bits per heavy atom. The third-order valence-corrected chi connectivity index (χ3v) is 3.09. The van der Waals surface area contributed by atoms with Gasteiger partial charge in [-0.2, -0.15) is 0 Å². The Hall–Kier alpha value is -0.900. The molecule has 0 aliphatic rings. The van der Waals surface area contributed by atoms with Gasteiger partial charge in [-0.05, 0) is 27.5 Å². The van der Waals surface area contributed by atoms with E-state index < -0.39 is 15.4 Å². The van der Waals surface area contributed by atoms with Crippen molar-refractivity contribution in [3.05, 3.63) is 29.8 Å². The summed E-state index contributed by atoms with van der Waals surface area (Å²) in [7, 11) is -2.42. The Morgan fingerprint density at radius 2 is 2.00 bits per heavy atom. The fourth-order valence-corrected chi connectivity index (χ4v) is 1.78. The maximum Gasteiger partial charge on any atom is 0.270 e. The molecule has 1 aromatic carbocycles. The summed E-state index contributed by atoms with van der Waals surface area (Å²) < 4.78 is 37.3. The van der Waals surface area contributed by atoms with Gasteiger partial charge < -0.3 is 0 Å². The second-order valence-corrected chi connectivity index (χ2v) is 5.90. The van der Waals surface area contributed by atoms with E-state index in [1.54, 1.807) is 6.07 Å². The summed E-state index contributed by atoms with van der Waals surface area (Å²) in [6.45, 7) is 0.812. The summed E-state index contributed by atoms with van der Waals surface area (Å²) in [5.74, 6) is 0.545. The van der Waals surface area contributed by atoms with E-state index >= 15 is 0 Å². The van der Waals surface area contributed by atoms with Gasteiger partial charge in [-0.1, -0.05) is 12.1 Å². The second kappa shape index (κ2) is 3.35. The Labute approximate surface area is 82.8 Å². The zero-order valence-corrected chi connectivity index (χ0v) is 8.91. The molecule has 1 unspecified atom stereocenters. The Bertz CT molecular complexity index is 430. The van der Waals surface area contributed by atoms with E-state index in [1.807, 2.05) is 0 Å². The molecule has 1 rings (SSSR count). The van der Waals surface area contributed by atoms with Crippen LogP contribution in [-0.4, -0.2) is 16.3 Å². The molecular weight excluding hydrogens is 206 g/mol. The number of rotatable bonds is 2. The molecule has 4 heteroatoms. The van der Waals surface area contributed by atoms with Crippen molar-refractivity contribution in [3.63, 3.8) is 0 Å². The first-order valence-corrected chi connectivity index (χ1v) is 6.15. The predicted octanol–water partition coefficient (Wildman–Crippen LogP) is 2.50. The van der Waals surface area contributed by atoms with Crippen LogP contribution >= 0.6 is 0 Å². The summed E-state index contributed by atoms with van der Waals surface area (Å²) in [5.41, 5.74) is -0.131. The average Bonchev–Trinajstić information content (AvgIpc) is 2.01. The number of benzene rings is 1. The highest BCUT2D eigenvalue weighted by Gasteiger charge is 2.24. The molecule has 0 spiro atoms. The van der Waals surface area contributed by atoms with Crippen molar-refractivity contribution in [2.45, 2.75) is 17.7 Å². The predicted molar refractivity (Wildman–Crippen MR) is 55.5 cm³/mol. The van der Waals surface area contributed by atoms with Gasteiger partial charge in [-0.25, -0.2) is 8.78 Å². The van der Waals surface area contributed by atoms with Crippen LogP contribution in [-0.2, 0) is 15.4 Å². The van der Waals surface area contributed by atoms with E-state index in [9.17, 15) is 13.0 Å². The van der Waals surface area contributed by atoms with Crippen molar-refractivity contribution in [2.24, 2.45) is 0 Å². The van der Waals surface area contributed by atoms with Crippen molar-refractivity contribution in [1.82, 2.24) is 0 Å². The molecule has 0 bridgehead atoms. The van der Waals surface area contributed by atoms with Crippen LogP contribution in [0.3, 0.4) is 0 Å². The molecule has 14 heavy (non-hydrogen) atoms. The van der Waals surface area contributed by atoms with Crippen LogP contribution < -0.4 is 0 Å². The smallest absolute Gasteiger partial charge is 0.263 e. The van der Waals surface area contributed by atoms with E-state index in [-0.39, 0.29) is 5.56 Å². The van der Waals surface area contributed by atoms with Crippen molar-refractivity contribution in [2.75, 3.05) is 6.26 Å². The van der Waals surface area contributed by atoms with Gasteiger partial charge in [0.25, 0.3) is 5.92 Å². The van der Waals surface area contributed by atoms with E-state index in [0.29, 0.717) is 4.90 Å². The van der Waals surface area contributed by atoms with Crippen molar-refractivity contribution >= 4 is 15.4 Å². The minimum Gasteiger partial charge on any atom is -0.263 e. The molecule has 1 aromatic rings. The fourth-order valence-electron chi connectivity index (χ4n) is 1.04. The van der Waals surface area contributed by atoms with Crippen LogP contribution in [0.2, 0.25) is 0 Å². The van der Waals surface area contributed by atoms with Gasteiger partial charge in [0.1, 0.15) is 0 Å². The average molecular weight is 218 g/mol. The SMILES string of the molecule is C=S(C)(=O)c1cccc(C(C)(F)F)c1. The van der Waals surface area contributed by atoms with E-state index in [1.165, 1.54) is 24.5 Å². The highest BCUT2D eigenvalue weighted by atomic mass is 32.2. The molecule has 0 radical (unpaired) electrons. The normalized spacial score (nSPS) is 16.3. The summed E-state index contributed by atoms with van der Waals surface area (Å²) in [5, 5.41) is 0. The highest BCUT2D eigenvalue weighted by Crippen LogP contribution is 2.28. The Kier molecular flexibility index (Phi) is 2.67. The molecule has 1 atom stereocenters. The molecule has 0 aliphatic heterocycles. The lowest BCUT2D eigenvalue weighted by atomic mass is 10.1. The van der Waals surface area contributed by atoms with Crippen LogP contribution in [0, 0.1) is 0 Å². The lowest BCUT2D eigenvalue weighted by molar-refractivity contribution is 0.0172. The highest BCUT2D eigenvalue weighted by molar-refractivity contribution is 7.99. The fraction of sp³-hybridized carbons (Fsp3) is 0.300. The molecule has 0 amide bonds. The maximum absolute atomic E-state index is 12.9. The number of hydrogen-bond donors (Lipinski definition) is 0. The first-order valence-electron chi connectivity index (χ1n) is 4.02. The molecule has 0 saturated heterocycles. The summed E-state index contributed by atoms with van der Waals surface area (Å²) in [4.78, 5) is 0.358. The third kappa shape index (κ3) is 2.54. The first kappa shape index (κ1) is 11.2. The minimum atomic E-state index is -2.90. The molecule has 0 aliphatic carbocycles. The van der Waals surface area contributed by atoms with Crippen LogP contribution in [0.15, 0.2) is 29.2 Å². The van der Waals surface area contributed by atoms with Crippen LogP contribution in [0.25, 0.3) is 0 Å². The van der Waals surface area contributed by atoms with Crippen molar-refractivity contribution in [3.8, 4) is 0 Å². The van der Waals surface area contributed by atoms with Crippen LogP contribution in [0.5, 0.6) is 0 Å². The molecular formula is C10H12F2OS.